The van der Waals surface area contributed by atoms with Gasteiger partial charge in [-0.25, -0.2) is 0 Å². The van der Waals surface area contributed by atoms with Crippen molar-refractivity contribution in [3.8, 4) is 17.6 Å². The standard InChI is InChI=1S/C25H23N3O3/c26-16-19-9-10-22(21-6-2-1-5-20(19)21)27-13-3-4-14-28(27)25(29)12-8-18-7-11-23-24(15-18)31-17-30-23/h1-2,5-7,9-11,15H,3-4,8,12-14,17H2. The average Bonchev–Trinajstić information content (AvgIpc) is 3.30. The second-order valence-corrected chi connectivity index (χ2v) is 7.82. The summed E-state index contributed by atoms with van der Waals surface area (Å²) in [6, 6.07) is 19.8. The molecule has 0 radical (unpaired) electrons. The van der Waals surface area contributed by atoms with Gasteiger partial charge in [-0.1, -0.05) is 30.3 Å². The molecule has 156 valence electrons. The van der Waals surface area contributed by atoms with E-state index in [9.17, 15) is 10.1 Å². The first-order valence-electron chi connectivity index (χ1n) is 10.6. The van der Waals surface area contributed by atoms with Crippen LogP contribution in [0, 0.1) is 11.3 Å². The second kappa shape index (κ2) is 8.19. The fourth-order valence-corrected chi connectivity index (χ4v) is 4.36. The van der Waals surface area contributed by atoms with Crippen molar-refractivity contribution in [2.24, 2.45) is 0 Å². The topological polar surface area (TPSA) is 65.8 Å². The van der Waals surface area contributed by atoms with Crippen LogP contribution in [0.5, 0.6) is 11.5 Å². The van der Waals surface area contributed by atoms with Crippen molar-refractivity contribution in [2.45, 2.75) is 25.7 Å². The number of ether oxygens (including phenoxy) is 2. The zero-order chi connectivity index (χ0) is 21.2. The van der Waals surface area contributed by atoms with E-state index in [1.807, 2.05) is 59.6 Å². The number of anilines is 1. The van der Waals surface area contributed by atoms with Crippen LogP contribution in [0.3, 0.4) is 0 Å². The van der Waals surface area contributed by atoms with E-state index in [-0.39, 0.29) is 12.7 Å². The van der Waals surface area contributed by atoms with E-state index in [0.717, 1.165) is 52.9 Å². The fraction of sp³-hybridized carbons (Fsp3) is 0.280. The van der Waals surface area contributed by atoms with E-state index in [1.54, 1.807) is 0 Å². The van der Waals surface area contributed by atoms with Gasteiger partial charge in [-0.3, -0.25) is 14.8 Å². The Morgan fingerprint density at radius 1 is 0.968 bits per heavy atom. The van der Waals surface area contributed by atoms with E-state index in [1.165, 1.54) is 0 Å². The van der Waals surface area contributed by atoms with Gasteiger partial charge in [-0.2, -0.15) is 5.26 Å². The number of hydrogen-bond acceptors (Lipinski definition) is 5. The predicted octanol–water partition coefficient (Wildman–Crippen LogP) is 4.42. The average molecular weight is 413 g/mol. The highest BCUT2D eigenvalue weighted by molar-refractivity contribution is 5.98. The summed E-state index contributed by atoms with van der Waals surface area (Å²) in [4.78, 5) is 13.2. The molecular formula is C25H23N3O3. The molecule has 0 unspecified atom stereocenters. The van der Waals surface area contributed by atoms with E-state index in [2.05, 4.69) is 11.1 Å². The van der Waals surface area contributed by atoms with E-state index in [4.69, 9.17) is 9.47 Å². The van der Waals surface area contributed by atoms with Gasteiger partial charge in [-0.15, -0.1) is 0 Å². The van der Waals surface area contributed by atoms with Gasteiger partial charge in [0.25, 0.3) is 0 Å². The maximum Gasteiger partial charge on any atom is 0.241 e. The molecule has 3 aromatic carbocycles. The molecule has 3 aromatic rings. The lowest BCUT2D eigenvalue weighted by Gasteiger charge is -2.41. The van der Waals surface area contributed by atoms with Crippen molar-refractivity contribution in [2.75, 3.05) is 24.9 Å². The van der Waals surface area contributed by atoms with Crippen LogP contribution < -0.4 is 14.5 Å². The van der Waals surface area contributed by atoms with Crippen molar-refractivity contribution in [3.63, 3.8) is 0 Å². The van der Waals surface area contributed by atoms with Crippen LogP contribution in [-0.2, 0) is 11.2 Å². The predicted molar refractivity (Wildman–Crippen MR) is 118 cm³/mol. The van der Waals surface area contributed by atoms with Gasteiger partial charge < -0.3 is 9.47 Å². The van der Waals surface area contributed by atoms with Crippen LogP contribution >= 0.6 is 0 Å². The highest BCUT2D eigenvalue weighted by atomic mass is 16.7. The normalized spacial score (nSPS) is 15.2. The third-order valence-corrected chi connectivity index (χ3v) is 5.93. The number of benzene rings is 3. The lowest BCUT2D eigenvalue weighted by atomic mass is 10.0. The first-order valence-corrected chi connectivity index (χ1v) is 10.6. The zero-order valence-electron chi connectivity index (χ0n) is 17.2. The number of aryl methyl sites for hydroxylation is 1. The summed E-state index contributed by atoms with van der Waals surface area (Å²) in [5.74, 6) is 1.60. The number of nitriles is 1. The van der Waals surface area contributed by atoms with Gasteiger partial charge in [0.05, 0.1) is 17.3 Å². The van der Waals surface area contributed by atoms with Crippen molar-refractivity contribution in [1.29, 1.82) is 5.26 Å². The van der Waals surface area contributed by atoms with Gasteiger partial charge in [-0.05, 0) is 49.1 Å². The molecule has 2 heterocycles. The van der Waals surface area contributed by atoms with Gasteiger partial charge in [0.1, 0.15) is 0 Å². The quantitative estimate of drug-likeness (QED) is 0.634. The number of hydrogen-bond donors (Lipinski definition) is 0. The Kier molecular flexibility index (Phi) is 5.09. The number of carbonyl (C=O) groups is 1. The van der Waals surface area contributed by atoms with Crippen LogP contribution in [0.4, 0.5) is 5.69 Å². The van der Waals surface area contributed by atoms with Gasteiger partial charge in [0.15, 0.2) is 11.5 Å². The minimum absolute atomic E-state index is 0.103. The number of amides is 1. The Morgan fingerprint density at radius 2 is 1.77 bits per heavy atom. The first kappa shape index (κ1) is 19.3. The van der Waals surface area contributed by atoms with E-state index in [0.29, 0.717) is 24.9 Å². The highest BCUT2D eigenvalue weighted by Gasteiger charge is 2.26. The third-order valence-electron chi connectivity index (χ3n) is 5.93. The maximum atomic E-state index is 13.2. The Hall–Kier alpha value is -3.72. The lowest BCUT2D eigenvalue weighted by molar-refractivity contribution is -0.132. The van der Waals surface area contributed by atoms with Gasteiger partial charge in [0.2, 0.25) is 12.7 Å². The summed E-state index contributed by atoms with van der Waals surface area (Å²) in [6.45, 7) is 1.74. The summed E-state index contributed by atoms with van der Waals surface area (Å²) in [7, 11) is 0. The molecule has 6 heteroatoms. The molecule has 0 aromatic heterocycles. The summed E-state index contributed by atoms with van der Waals surface area (Å²) in [6.07, 6.45) is 3.08. The molecule has 0 spiro atoms. The monoisotopic (exact) mass is 413 g/mol. The molecule has 2 aliphatic heterocycles. The molecule has 0 aliphatic carbocycles. The van der Waals surface area contributed by atoms with Gasteiger partial charge in [0, 0.05) is 30.3 Å². The molecule has 0 bridgehead atoms. The van der Waals surface area contributed by atoms with E-state index < -0.39 is 0 Å². The summed E-state index contributed by atoms with van der Waals surface area (Å²) in [5, 5.41) is 15.4. The molecule has 5 rings (SSSR count). The Balaban J connectivity index is 1.38. The summed E-state index contributed by atoms with van der Waals surface area (Å²) >= 11 is 0. The Bertz CT molecular complexity index is 1180. The lowest BCUT2D eigenvalue weighted by Crippen LogP contribution is -2.50. The van der Waals surface area contributed by atoms with Crippen LogP contribution in [0.1, 0.15) is 30.4 Å². The molecule has 2 aliphatic rings. The van der Waals surface area contributed by atoms with Crippen molar-refractivity contribution < 1.29 is 14.3 Å². The maximum absolute atomic E-state index is 13.2. The Morgan fingerprint density at radius 3 is 2.65 bits per heavy atom. The smallest absolute Gasteiger partial charge is 0.241 e. The fourth-order valence-electron chi connectivity index (χ4n) is 4.36. The van der Waals surface area contributed by atoms with E-state index >= 15 is 0 Å². The first-order chi connectivity index (χ1) is 15.2. The molecule has 1 fully saturated rings. The second-order valence-electron chi connectivity index (χ2n) is 7.82. The van der Waals surface area contributed by atoms with Crippen LogP contribution in [0.2, 0.25) is 0 Å². The van der Waals surface area contributed by atoms with Crippen molar-refractivity contribution in [1.82, 2.24) is 5.01 Å². The molecular weight excluding hydrogens is 390 g/mol. The van der Waals surface area contributed by atoms with Crippen LogP contribution in [-0.4, -0.2) is 30.8 Å². The third kappa shape index (κ3) is 3.64. The molecule has 1 amide bonds. The van der Waals surface area contributed by atoms with Crippen LogP contribution in [0.15, 0.2) is 54.6 Å². The molecule has 0 N–H and O–H groups in total. The number of hydrazine groups is 1. The highest BCUT2D eigenvalue weighted by Crippen LogP contribution is 2.34. The summed E-state index contributed by atoms with van der Waals surface area (Å²) < 4.78 is 10.8. The van der Waals surface area contributed by atoms with Crippen LogP contribution in [0.25, 0.3) is 10.8 Å². The molecule has 31 heavy (non-hydrogen) atoms. The largest absolute Gasteiger partial charge is 0.454 e. The number of nitrogens with zero attached hydrogens (tertiary/aromatic N) is 3. The number of rotatable bonds is 4. The minimum Gasteiger partial charge on any atom is -0.454 e. The molecule has 0 saturated carbocycles. The minimum atomic E-state index is 0.103. The van der Waals surface area contributed by atoms with Gasteiger partial charge >= 0.3 is 0 Å². The molecule has 0 atom stereocenters. The summed E-state index contributed by atoms with van der Waals surface area (Å²) in [5.41, 5.74) is 2.69. The number of fused-ring (bicyclic) bond motifs is 2. The molecule has 6 nitrogen and oxygen atoms in total. The van der Waals surface area contributed by atoms with Crippen molar-refractivity contribution >= 4 is 22.4 Å². The number of carbonyl (C=O) groups excluding carboxylic acids is 1. The zero-order valence-corrected chi connectivity index (χ0v) is 17.2. The SMILES string of the molecule is N#Cc1ccc(N2CCCCN2C(=O)CCc2ccc3c(c2)OCO3)c2ccccc12. The molecule has 1 saturated heterocycles. The Labute approximate surface area is 181 Å². The van der Waals surface area contributed by atoms with Crippen molar-refractivity contribution in [3.05, 3.63) is 65.7 Å².